The zero-order chi connectivity index (χ0) is 10.0. The maximum absolute atomic E-state index is 11.0. The summed E-state index contributed by atoms with van der Waals surface area (Å²) in [5.74, 6) is -1.92. The third-order valence-corrected chi connectivity index (χ3v) is 1.41. The molecule has 0 bridgehead atoms. The van der Waals surface area contributed by atoms with E-state index < -0.39 is 27.7 Å². The lowest BCUT2D eigenvalue weighted by Crippen LogP contribution is -2.04. The van der Waals surface area contributed by atoms with E-state index in [1.807, 2.05) is 0 Å². The van der Waals surface area contributed by atoms with Crippen molar-refractivity contribution < 1.29 is 15.1 Å². The van der Waals surface area contributed by atoms with Gasteiger partial charge in [0, 0.05) is 11.6 Å². The van der Waals surface area contributed by atoms with E-state index in [0.29, 0.717) is 0 Å². The Bertz CT molecular complexity index is 408. The highest BCUT2D eigenvalue weighted by molar-refractivity contribution is 5.60. The lowest BCUT2D eigenvalue weighted by molar-refractivity contribution is -0.398. The van der Waals surface area contributed by atoms with E-state index in [0.717, 1.165) is 12.1 Å². The molecule has 1 aromatic carbocycles. The summed E-state index contributed by atoms with van der Waals surface area (Å²) in [5, 5.41) is 40.3. The topological polar surface area (TPSA) is 113 Å². The van der Waals surface area contributed by atoms with Crippen molar-refractivity contribution in [2.45, 2.75) is 0 Å². The van der Waals surface area contributed by atoms with Gasteiger partial charge >= 0.3 is 0 Å². The van der Waals surface area contributed by atoms with Crippen molar-refractivity contribution in [2.75, 3.05) is 0 Å². The summed E-state index contributed by atoms with van der Waals surface area (Å²) in [4.78, 5) is 9.27. The van der Waals surface area contributed by atoms with Crippen molar-refractivity contribution in [1.82, 2.24) is 0 Å². The highest BCUT2D eigenvalue weighted by Crippen LogP contribution is 2.30. The smallest absolute Gasteiger partial charge is 0.262 e. The standard InChI is InChI=1S/C7H4N2O4/c8-3-4-6(10)2-1-5(7(4)11)9(12)13/h1-2,10-11H/p-2. The molecule has 0 aliphatic carbocycles. The Morgan fingerprint density at radius 1 is 1.38 bits per heavy atom. The fourth-order valence-electron chi connectivity index (χ4n) is 0.803. The van der Waals surface area contributed by atoms with Crippen LogP contribution in [-0.4, -0.2) is 4.92 Å². The minimum absolute atomic E-state index is 0.714. The molecule has 6 nitrogen and oxygen atoms in total. The van der Waals surface area contributed by atoms with Crippen LogP contribution in [0.1, 0.15) is 5.56 Å². The molecular formula is C7H2N2O4-2. The van der Waals surface area contributed by atoms with Gasteiger partial charge in [-0.3, -0.25) is 10.1 Å². The molecule has 0 saturated heterocycles. The first kappa shape index (κ1) is 8.80. The second kappa shape index (κ2) is 2.98. The highest BCUT2D eigenvalue weighted by atomic mass is 16.6. The summed E-state index contributed by atoms with van der Waals surface area (Å²) >= 11 is 0. The first-order valence-corrected chi connectivity index (χ1v) is 3.13. The van der Waals surface area contributed by atoms with E-state index in [4.69, 9.17) is 5.26 Å². The summed E-state index contributed by atoms with van der Waals surface area (Å²) in [6.45, 7) is 0. The molecule has 0 aliphatic rings. The predicted octanol–water partition coefficient (Wildman–Crippen LogP) is -0.386. The average molecular weight is 178 g/mol. The Morgan fingerprint density at radius 3 is 2.46 bits per heavy atom. The van der Waals surface area contributed by atoms with Gasteiger partial charge in [-0.25, -0.2) is 0 Å². The van der Waals surface area contributed by atoms with Crippen LogP contribution in [0, 0.1) is 21.4 Å². The van der Waals surface area contributed by atoms with Crippen LogP contribution in [0.3, 0.4) is 0 Å². The summed E-state index contributed by atoms with van der Waals surface area (Å²) in [6, 6.07) is 2.96. The van der Waals surface area contributed by atoms with Gasteiger partial charge in [0.1, 0.15) is 0 Å². The average Bonchev–Trinajstić information content (AvgIpc) is 2.04. The predicted molar refractivity (Wildman–Crippen MR) is 36.7 cm³/mol. The van der Waals surface area contributed by atoms with Crippen LogP contribution < -0.4 is 10.2 Å². The summed E-state index contributed by atoms with van der Waals surface area (Å²) in [5.41, 5.74) is -1.47. The lowest BCUT2D eigenvalue weighted by atomic mass is 10.1. The number of nitrogens with zero attached hydrogens (tertiary/aromatic N) is 2. The van der Waals surface area contributed by atoms with E-state index in [1.54, 1.807) is 0 Å². The Balaban J connectivity index is 3.47. The molecule has 6 heteroatoms. The largest absolute Gasteiger partial charge is 0.872 e. The molecule has 0 heterocycles. The lowest BCUT2D eigenvalue weighted by Gasteiger charge is -2.14. The summed E-state index contributed by atoms with van der Waals surface area (Å²) in [7, 11) is 0. The number of rotatable bonds is 1. The maximum Gasteiger partial charge on any atom is 0.262 e. The number of hydrogen-bond acceptors (Lipinski definition) is 5. The molecule has 0 fully saturated rings. The monoisotopic (exact) mass is 178 g/mol. The number of nitro groups is 1. The van der Waals surface area contributed by atoms with Gasteiger partial charge in [-0.1, -0.05) is 11.8 Å². The minimum Gasteiger partial charge on any atom is -0.872 e. The van der Waals surface area contributed by atoms with Crippen LogP contribution in [0.15, 0.2) is 12.1 Å². The zero-order valence-corrected chi connectivity index (χ0v) is 6.18. The van der Waals surface area contributed by atoms with Crippen molar-refractivity contribution in [3.63, 3.8) is 0 Å². The van der Waals surface area contributed by atoms with E-state index in [1.165, 1.54) is 6.07 Å². The van der Waals surface area contributed by atoms with Crippen LogP contribution in [0.2, 0.25) is 0 Å². The number of nitriles is 1. The minimum atomic E-state index is -1.12. The molecular weight excluding hydrogens is 176 g/mol. The Hall–Kier alpha value is -2.29. The van der Waals surface area contributed by atoms with Gasteiger partial charge in [0.2, 0.25) is 0 Å². The molecule has 1 rings (SSSR count). The third kappa shape index (κ3) is 1.35. The van der Waals surface area contributed by atoms with Crippen molar-refractivity contribution in [2.24, 2.45) is 0 Å². The summed E-state index contributed by atoms with van der Waals surface area (Å²) in [6.07, 6.45) is 0. The fourth-order valence-corrected chi connectivity index (χ4v) is 0.803. The van der Waals surface area contributed by atoms with E-state index in [-0.39, 0.29) is 0 Å². The Morgan fingerprint density at radius 2 is 2.00 bits per heavy atom. The summed E-state index contributed by atoms with van der Waals surface area (Å²) < 4.78 is 0. The molecule has 0 saturated carbocycles. The molecule has 0 spiro atoms. The molecule has 0 radical (unpaired) electrons. The molecule has 13 heavy (non-hydrogen) atoms. The van der Waals surface area contributed by atoms with Crippen molar-refractivity contribution >= 4 is 5.69 Å². The molecule has 0 aromatic heterocycles. The van der Waals surface area contributed by atoms with E-state index in [2.05, 4.69) is 0 Å². The second-order valence-electron chi connectivity index (χ2n) is 2.16. The van der Waals surface area contributed by atoms with E-state index in [9.17, 15) is 20.3 Å². The van der Waals surface area contributed by atoms with Gasteiger partial charge in [0.05, 0.1) is 11.0 Å². The SMILES string of the molecule is N#Cc1c([O-])ccc([N+](=O)[O-])c1[O-]. The van der Waals surface area contributed by atoms with Gasteiger partial charge in [0.25, 0.3) is 5.69 Å². The molecule has 0 aliphatic heterocycles. The zero-order valence-electron chi connectivity index (χ0n) is 6.18. The van der Waals surface area contributed by atoms with Crippen molar-refractivity contribution in [3.8, 4) is 17.6 Å². The number of hydrogen-bond donors (Lipinski definition) is 0. The highest BCUT2D eigenvalue weighted by Gasteiger charge is 2.09. The van der Waals surface area contributed by atoms with E-state index >= 15 is 0 Å². The van der Waals surface area contributed by atoms with Crippen LogP contribution in [0.25, 0.3) is 0 Å². The molecule has 0 N–H and O–H groups in total. The molecule has 0 atom stereocenters. The third-order valence-electron chi connectivity index (χ3n) is 1.41. The van der Waals surface area contributed by atoms with Crippen LogP contribution in [-0.2, 0) is 0 Å². The molecule has 66 valence electrons. The first-order chi connectivity index (χ1) is 6.07. The van der Waals surface area contributed by atoms with Crippen LogP contribution >= 0.6 is 0 Å². The Labute approximate surface area is 72.4 Å². The van der Waals surface area contributed by atoms with Crippen molar-refractivity contribution in [1.29, 1.82) is 5.26 Å². The van der Waals surface area contributed by atoms with Crippen LogP contribution in [0.4, 0.5) is 5.69 Å². The normalized spacial score (nSPS) is 9.15. The van der Waals surface area contributed by atoms with Gasteiger partial charge in [-0.05, 0) is 5.75 Å². The first-order valence-electron chi connectivity index (χ1n) is 3.13. The molecule has 0 amide bonds. The van der Waals surface area contributed by atoms with Crippen molar-refractivity contribution in [3.05, 3.63) is 27.8 Å². The molecule has 0 unspecified atom stereocenters. The second-order valence-corrected chi connectivity index (χ2v) is 2.16. The van der Waals surface area contributed by atoms with Gasteiger partial charge in [0.15, 0.2) is 0 Å². The maximum atomic E-state index is 11.0. The van der Waals surface area contributed by atoms with Gasteiger partial charge < -0.3 is 10.2 Å². The van der Waals surface area contributed by atoms with Crippen LogP contribution in [0.5, 0.6) is 11.5 Å². The van der Waals surface area contributed by atoms with Gasteiger partial charge in [-0.2, -0.15) is 5.26 Å². The number of nitro benzene ring substituents is 1. The number of benzene rings is 1. The van der Waals surface area contributed by atoms with Gasteiger partial charge in [-0.15, -0.1) is 0 Å². The quantitative estimate of drug-likeness (QED) is 0.429. The Kier molecular flexibility index (Phi) is 2.02. The molecule has 1 aromatic rings. The fraction of sp³-hybridized carbons (Fsp3) is 0.